The maximum absolute atomic E-state index is 12.7. The fourth-order valence-corrected chi connectivity index (χ4v) is 3.48. The number of imidazole rings is 1. The lowest BCUT2D eigenvalue weighted by atomic mass is 9.87. The van der Waals surface area contributed by atoms with E-state index in [9.17, 15) is 14.4 Å². The standard InChI is InChI=1S/C16H22N4O4/c1-10(21)24-12-6-4-11(5-7-12)8-20-15(22)13-14(17-9-18(13)2)19(3)16(20)23/h9,11-12H,4-8H2,1-3H3. The monoisotopic (exact) mass is 334 g/mol. The van der Waals surface area contributed by atoms with Gasteiger partial charge in [0, 0.05) is 27.6 Å². The molecule has 0 amide bonds. The molecular formula is C16H22N4O4. The first-order valence-corrected chi connectivity index (χ1v) is 8.16. The van der Waals surface area contributed by atoms with Crippen LogP contribution in [0.25, 0.3) is 11.2 Å². The molecule has 130 valence electrons. The van der Waals surface area contributed by atoms with Gasteiger partial charge in [-0.25, -0.2) is 9.78 Å². The van der Waals surface area contributed by atoms with Gasteiger partial charge in [0.2, 0.25) is 0 Å². The Morgan fingerprint density at radius 2 is 1.92 bits per heavy atom. The van der Waals surface area contributed by atoms with Gasteiger partial charge in [-0.2, -0.15) is 0 Å². The van der Waals surface area contributed by atoms with Crippen molar-refractivity contribution in [3.63, 3.8) is 0 Å². The van der Waals surface area contributed by atoms with Crippen molar-refractivity contribution in [3.8, 4) is 0 Å². The van der Waals surface area contributed by atoms with Gasteiger partial charge in [-0.15, -0.1) is 0 Å². The zero-order valence-corrected chi connectivity index (χ0v) is 14.2. The van der Waals surface area contributed by atoms with E-state index >= 15 is 0 Å². The second-order valence-corrected chi connectivity index (χ2v) is 6.54. The number of esters is 1. The summed E-state index contributed by atoms with van der Waals surface area (Å²) in [6.45, 7) is 1.80. The second kappa shape index (κ2) is 6.26. The number of aryl methyl sites for hydroxylation is 2. The highest BCUT2D eigenvalue weighted by Gasteiger charge is 2.25. The van der Waals surface area contributed by atoms with Crippen LogP contribution < -0.4 is 11.2 Å². The van der Waals surface area contributed by atoms with Gasteiger partial charge in [0.25, 0.3) is 5.56 Å². The molecule has 8 nitrogen and oxygen atoms in total. The van der Waals surface area contributed by atoms with Crippen LogP contribution in [0, 0.1) is 5.92 Å². The minimum atomic E-state index is -0.340. The average molecular weight is 334 g/mol. The first-order chi connectivity index (χ1) is 11.4. The molecule has 0 atom stereocenters. The van der Waals surface area contributed by atoms with Crippen molar-refractivity contribution >= 4 is 17.1 Å². The van der Waals surface area contributed by atoms with Crippen molar-refractivity contribution in [1.29, 1.82) is 0 Å². The summed E-state index contributed by atoms with van der Waals surface area (Å²) in [4.78, 5) is 40.3. The first kappa shape index (κ1) is 16.5. The number of carbonyl (C=O) groups is 1. The molecule has 0 bridgehead atoms. The van der Waals surface area contributed by atoms with Crippen molar-refractivity contribution in [1.82, 2.24) is 18.7 Å². The van der Waals surface area contributed by atoms with Crippen LogP contribution in [0.4, 0.5) is 0 Å². The molecule has 0 saturated heterocycles. The first-order valence-electron chi connectivity index (χ1n) is 8.16. The Morgan fingerprint density at radius 3 is 2.54 bits per heavy atom. The third kappa shape index (κ3) is 2.88. The molecule has 0 aliphatic heterocycles. The molecule has 0 spiro atoms. The van der Waals surface area contributed by atoms with E-state index in [1.54, 1.807) is 25.0 Å². The zero-order valence-electron chi connectivity index (χ0n) is 14.2. The lowest BCUT2D eigenvalue weighted by Crippen LogP contribution is -2.41. The SMILES string of the molecule is CC(=O)OC1CCC(Cn2c(=O)c3c(ncn3C)n(C)c2=O)CC1. The highest BCUT2D eigenvalue weighted by molar-refractivity contribution is 5.69. The predicted octanol–water partition coefficient (Wildman–Crippen LogP) is 0.556. The van der Waals surface area contributed by atoms with E-state index in [1.807, 2.05) is 0 Å². The van der Waals surface area contributed by atoms with Crippen LogP contribution >= 0.6 is 0 Å². The normalized spacial score (nSPS) is 21.1. The minimum Gasteiger partial charge on any atom is -0.463 e. The lowest BCUT2D eigenvalue weighted by molar-refractivity contribution is -0.148. The van der Waals surface area contributed by atoms with Crippen LogP contribution in [0.1, 0.15) is 32.6 Å². The van der Waals surface area contributed by atoms with Crippen LogP contribution in [0.2, 0.25) is 0 Å². The Bertz CT molecular complexity index is 884. The van der Waals surface area contributed by atoms with Crippen molar-refractivity contribution in [2.75, 3.05) is 0 Å². The summed E-state index contributed by atoms with van der Waals surface area (Å²) in [7, 11) is 3.38. The third-order valence-electron chi connectivity index (χ3n) is 4.77. The molecule has 0 aromatic carbocycles. The van der Waals surface area contributed by atoms with Gasteiger partial charge in [0.1, 0.15) is 6.10 Å². The number of hydrogen-bond donors (Lipinski definition) is 0. The highest BCUT2D eigenvalue weighted by Crippen LogP contribution is 2.27. The molecule has 1 aliphatic rings. The molecule has 8 heteroatoms. The molecule has 24 heavy (non-hydrogen) atoms. The summed E-state index contributed by atoms with van der Waals surface area (Å²) in [5.74, 6) is -0.0296. The van der Waals surface area contributed by atoms with Crippen molar-refractivity contribution in [3.05, 3.63) is 27.2 Å². The molecular weight excluding hydrogens is 312 g/mol. The summed E-state index contributed by atoms with van der Waals surface area (Å²) < 4.78 is 9.60. The summed E-state index contributed by atoms with van der Waals surface area (Å²) in [6.07, 6.45) is 4.70. The molecule has 2 heterocycles. The lowest BCUT2D eigenvalue weighted by Gasteiger charge is -2.28. The van der Waals surface area contributed by atoms with E-state index in [4.69, 9.17) is 4.74 Å². The van der Waals surface area contributed by atoms with Crippen LogP contribution in [0.5, 0.6) is 0 Å². The van der Waals surface area contributed by atoms with Gasteiger partial charge in [0.05, 0.1) is 6.33 Å². The largest absolute Gasteiger partial charge is 0.463 e. The zero-order chi connectivity index (χ0) is 17.4. The quantitative estimate of drug-likeness (QED) is 0.765. The number of nitrogens with zero attached hydrogens (tertiary/aromatic N) is 4. The minimum absolute atomic E-state index is 0.0436. The Kier molecular flexibility index (Phi) is 4.29. The van der Waals surface area contributed by atoms with Gasteiger partial charge in [-0.05, 0) is 31.6 Å². The molecule has 0 radical (unpaired) electrons. The van der Waals surface area contributed by atoms with Gasteiger partial charge >= 0.3 is 11.7 Å². The average Bonchev–Trinajstić information content (AvgIpc) is 2.92. The Labute approximate surface area is 138 Å². The van der Waals surface area contributed by atoms with Crippen molar-refractivity contribution in [2.45, 2.75) is 45.3 Å². The topological polar surface area (TPSA) is 88.1 Å². The number of aromatic nitrogens is 4. The van der Waals surface area contributed by atoms with E-state index in [0.29, 0.717) is 17.7 Å². The third-order valence-corrected chi connectivity index (χ3v) is 4.77. The van der Waals surface area contributed by atoms with Crippen molar-refractivity contribution in [2.24, 2.45) is 20.0 Å². The number of ether oxygens (including phenoxy) is 1. The van der Waals surface area contributed by atoms with E-state index < -0.39 is 0 Å². The highest BCUT2D eigenvalue weighted by atomic mass is 16.5. The van der Waals surface area contributed by atoms with E-state index in [1.165, 1.54) is 16.1 Å². The Balaban J connectivity index is 1.84. The fourth-order valence-electron chi connectivity index (χ4n) is 3.48. The summed E-state index contributed by atoms with van der Waals surface area (Å²) in [5, 5.41) is 0. The van der Waals surface area contributed by atoms with Crippen molar-refractivity contribution < 1.29 is 9.53 Å². The summed E-state index contributed by atoms with van der Waals surface area (Å²) in [5.41, 5.74) is 0.205. The van der Waals surface area contributed by atoms with E-state index in [-0.39, 0.29) is 29.2 Å². The predicted molar refractivity (Wildman–Crippen MR) is 87.7 cm³/mol. The molecule has 0 unspecified atom stereocenters. The number of fused-ring (bicyclic) bond motifs is 1. The number of rotatable bonds is 3. The van der Waals surface area contributed by atoms with E-state index in [0.717, 1.165) is 25.7 Å². The molecule has 3 rings (SSSR count). The number of hydrogen-bond acceptors (Lipinski definition) is 5. The summed E-state index contributed by atoms with van der Waals surface area (Å²) >= 11 is 0. The smallest absolute Gasteiger partial charge is 0.332 e. The van der Waals surface area contributed by atoms with Gasteiger partial charge in [-0.1, -0.05) is 0 Å². The molecule has 1 aliphatic carbocycles. The Morgan fingerprint density at radius 1 is 1.25 bits per heavy atom. The van der Waals surface area contributed by atoms with Gasteiger partial charge in [0.15, 0.2) is 11.2 Å². The molecule has 2 aromatic heterocycles. The van der Waals surface area contributed by atoms with E-state index in [2.05, 4.69) is 4.98 Å². The molecule has 2 aromatic rings. The van der Waals surface area contributed by atoms with Gasteiger partial charge < -0.3 is 9.30 Å². The number of carbonyl (C=O) groups excluding carboxylic acids is 1. The maximum Gasteiger partial charge on any atom is 0.332 e. The fraction of sp³-hybridized carbons (Fsp3) is 0.625. The van der Waals surface area contributed by atoms with Crippen LogP contribution in [-0.2, 0) is 30.2 Å². The van der Waals surface area contributed by atoms with Gasteiger partial charge in [-0.3, -0.25) is 18.7 Å². The second-order valence-electron chi connectivity index (χ2n) is 6.54. The maximum atomic E-state index is 12.7. The molecule has 1 saturated carbocycles. The summed E-state index contributed by atoms with van der Waals surface area (Å²) in [6, 6.07) is 0. The van der Waals surface area contributed by atoms with Crippen LogP contribution in [-0.4, -0.2) is 30.8 Å². The Hall–Kier alpha value is -2.38. The molecule has 0 N–H and O–H groups in total. The van der Waals surface area contributed by atoms with Crippen LogP contribution in [0.15, 0.2) is 15.9 Å². The van der Waals surface area contributed by atoms with Crippen LogP contribution in [0.3, 0.4) is 0 Å². The molecule has 1 fully saturated rings.